The second kappa shape index (κ2) is 8.98. The largest absolute Gasteiger partial charge is 0.476 e. The first-order valence-corrected chi connectivity index (χ1v) is 11.8. The third kappa shape index (κ3) is 4.21. The van der Waals surface area contributed by atoms with Crippen LogP contribution < -0.4 is 9.80 Å². The van der Waals surface area contributed by atoms with Crippen LogP contribution >= 0.6 is 11.8 Å². The lowest BCUT2D eigenvalue weighted by Gasteiger charge is -2.35. The number of fused-ring (bicyclic) bond motifs is 1. The van der Waals surface area contributed by atoms with Crippen molar-refractivity contribution in [1.82, 2.24) is 9.97 Å². The molecule has 5 rings (SSSR count). The fourth-order valence-corrected chi connectivity index (χ4v) is 5.80. The van der Waals surface area contributed by atoms with E-state index in [1.807, 2.05) is 0 Å². The minimum absolute atomic E-state index is 0.545. The minimum Gasteiger partial charge on any atom is -0.476 e. The monoisotopic (exact) mass is 427 g/mol. The summed E-state index contributed by atoms with van der Waals surface area (Å²) in [4.78, 5) is 18.6. The number of thioether (sulfide) groups is 1. The summed E-state index contributed by atoms with van der Waals surface area (Å²) in [5, 5.41) is 2.53. The van der Waals surface area contributed by atoms with Gasteiger partial charge in [0.1, 0.15) is 12.1 Å². The predicted molar refractivity (Wildman–Crippen MR) is 123 cm³/mol. The molecule has 30 heavy (non-hydrogen) atoms. The van der Waals surface area contributed by atoms with Gasteiger partial charge in [0.2, 0.25) is 5.23 Å². The molecule has 2 atom stereocenters. The molecular formula is C22H29N5O2S. The summed E-state index contributed by atoms with van der Waals surface area (Å²) in [6, 6.07) is 6.61. The smallest absolute Gasteiger partial charge is 0.245 e. The molecule has 8 heteroatoms. The Morgan fingerprint density at radius 1 is 1.17 bits per heavy atom. The van der Waals surface area contributed by atoms with Gasteiger partial charge in [0, 0.05) is 42.5 Å². The Kier molecular flexibility index (Phi) is 5.95. The standard InChI is InChI=1S/C22H29N5O2S/c1-28-22-23-13-18(30-22)11-16-3-2-6-27(14-16)21-19-5-4-17(12-20(19)24-15-25-21)26-7-9-29-10-8-26/h4-5,12,15-16,18H,2-3,6-11,13-14H2,1H3. The summed E-state index contributed by atoms with van der Waals surface area (Å²) in [5.41, 5.74) is 2.25. The van der Waals surface area contributed by atoms with Crippen molar-refractivity contribution in [1.29, 1.82) is 0 Å². The second-order valence-corrected chi connectivity index (χ2v) is 9.49. The van der Waals surface area contributed by atoms with E-state index in [2.05, 4.69) is 38.0 Å². The average Bonchev–Trinajstić information content (AvgIpc) is 3.26. The van der Waals surface area contributed by atoms with Crippen molar-refractivity contribution < 1.29 is 9.47 Å². The Balaban J connectivity index is 1.31. The molecule has 2 fully saturated rings. The Morgan fingerprint density at radius 2 is 2.07 bits per heavy atom. The minimum atomic E-state index is 0.545. The highest BCUT2D eigenvalue weighted by Crippen LogP contribution is 2.34. The molecule has 0 saturated carbocycles. The molecule has 2 saturated heterocycles. The lowest BCUT2D eigenvalue weighted by Crippen LogP contribution is -2.37. The molecule has 1 aromatic heterocycles. The Labute approximate surface area is 181 Å². The number of hydrogen-bond acceptors (Lipinski definition) is 8. The van der Waals surface area contributed by atoms with Crippen LogP contribution in [0.1, 0.15) is 19.3 Å². The van der Waals surface area contributed by atoms with Gasteiger partial charge in [0.25, 0.3) is 0 Å². The van der Waals surface area contributed by atoms with Gasteiger partial charge in [-0.25, -0.2) is 15.0 Å². The maximum Gasteiger partial charge on any atom is 0.245 e. The topological polar surface area (TPSA) is 63.1 Å². The number of aromatic nitrogens is 2. The highest BCUT2D eigenvalue weighted by molar-refractivity contribution is 8.14. The van der Waals surface area contributed by atoms with Crippen LogP contribution in [0.2, 0.25) is 0 Å². The molecule has 2 unspecified atom stereocenters. The van der Waals surface area contributed by atoms with E-state index >= 15 is 0 Å². The van der Waals surface area contributed by atoms with Crippen molar-refractivity contribution in [3.8, 4) is 0 Å². The number of ether oxygens (including phenoxy) is 2. The van der Waals surface area contributed by atoms with Gasteiger partial charge in [-0.3, -0.25) is 0 Å². The number of hydrogen-bond donors (Lipinski definition) is 0. The highest BCUT2D eigenvalue weighted by Gasteiger charge is 2.28. The zero-order chi connectivity index (χ0) is 20.3. The number of benzene rings is 1. The van der Waals surface area contributed by atoms with Crippen molar-refractivity contribution in [3.05, 3.63) is 24.5 Å². The van der Waals surface area contributed by atoms with E-state index in [4.69, 9.17) is 14.5 Å². The number of rotatable bonds is 4. The van der Waals surface area contributed by atoms with Crippen LogP contribution in [-0.2, 0) is 9.47 Å². The molecule has 2 aromatic rings. The quantitative estimate of drug-likeness (QED) is 0.742. The van der Waals surface area contributed by atoms with Gasteiger partial charge in [0.15, 0.2) is 0 Å². The lowest BCUT2D eigenvalue weighted by atomic mass is 9.93. The Bertz CT molecular complexity index is 918. The van der Waals surface area contributed by atoms with E-state index in [1.165, 1.54) is 24.9 Å². The van der Waals surface area contributed by atoms with Gasteiger partial charge in [-0.2, -0.15) is 0 Å². The first-order valence-electron chi connectivity index (χ1n) is 10.9. The van der Waals surface area contributed by atoms with Crippen LogP contribution in [0.25, 0.3) is 10.9 Å². The summed E-state index contributed by atoms with van der Waals surface area (Å²) >= 11 is 1.79. The van der Waals surface area contributed by atoms with Gasteiger partial charge in [0.05, 0.1) is 32.4 Å². The third-order valence-electron chi connectivity index (χ3n) is 6.26. The van der Waals surface area contributed by atoms with E-state index in [-0.39, 0.29) is 0 Å². The number of morpholine rings is 1. The van der Waals surface area contributed by atoms with Gasteiger partial charge in [-0.1, -0.05) is 11.8 Å². The van der Waals surface area contributed by atoms with Crippen molar-refractivity contribution >= 4 is 39.4 Å². The van der Waals surface area contributed by atoms with Crippen LogP contribution in [0.15, 0.2) is 29.5 Å². The van der Waals surface area contributed by atoms with Crippen LogP contribution in [-0.4, -0.2) is 73.5 Å². The third-order valence-corrected chi connectivity index (χ3v) is 7.43. The maximum absolute atomic E-state index is 5.49. The maximum atomic E-state index is 5.49. The molecule has 1 aromatic carbocycles. The zero-order valence-corrected chi connectivity index (χ0v) is 18.3. The molecule has 4 heterocycles. The molecule has 3 aliphatic rings. The first-order chi connectivity index (χ1) is 14.8. The van der Waals surface area contributed by atoms with Gasteiger partial charge < -0.3 is 19.3 Å². The van der Waals surface area contributed by atoms with Gasteiger partial charge >= 0.3 is 0 Å². The fraction of sp³-hybridized carbons (Fsp3) is 0.591. The summed E-state index contributed by atoms with van der Waals surface area (Å²) in [5.74, 6) is 1.74. The second-order valence-electron chi connectivity index (χ2n) is 8.24. The predicted octanol–water partition coefficient (Wildman–Crippen LogP) is 3.19. The summed E-state index contributed by atoms with van der Waals surface area (Å²) < 4.78 is 10.8. The molecular weight excluding hydrogens is 398 g/mol. The first kappa shape index (κ1) is 19.9. The highest BCUT2D eigenvalue weighted by atomic mass is 32.2. The Hall–Kier alpha value is -2.06. The van der Waals surface area contributed by atoms with Crippen LogP contribution in [0, 0.1) is 5.92 Å². The molecule has 0 bridgehead atoms. The fourth-order valence-electron chi connectivity index (χ4n) is 4.75. The average molecular weight is 428 g/mol. The molecule has 7 nitrogen and oxygen atoms in total. The van der Waals surface area contributed by atoms with Crippen molar-refractivity contribution in [2.45, 2.75) is 24.5 Å². The number of piperidine rings is 1. The van der Waals surface area contributed by atoms with E-state index in [0.29, 0.717) is 11.2 Å². The van der Waals surface area contributed by atoms with Crippen molar-refractivity contribution in [3.63, 3.8) is 0 Å². The number of anilines is 2. The zero-order valence-electron chi connectivity index (χ0n) is 17.5. The van der Waals surface area contributed by atoms with Crippen molar-refractivity contribution in [2.75, 3.05) is 62.8 Å². The number of aliphatic imine (C=N–C) groups is 1. The molecule has 0 aliphatic carbocycles. The molecule has 0 N–H and O–H groups in total. The molecule has 3 aliphatic heterocycles. The SMILES string of the molecule is COC1=NCC(CC2CCCN(c3ncnc4cc(N5CCOCC5)ccc34)C2)S1. The van der Waals surface area contributed by atoms with Gasteiger partial charge in [-0.05, 0) is 43.4 Å². The normalized spacial score (nSPS) is 24.9. The van der Waals surface area contributed by atoms with Crippen LogP contribution in [0.4, 0.5) is 11.5 Å². The summed E-state index contributed by atoms with van der Waals surface area (Å²) in [7, 11) is 1.71. The van der Waals surface area contributed by atoms with E-state index in [1.54, 1.807) is 25.2 Å². The van der Waals surface area contributed by atoms with E-state index in [9.17, 15) is 0 Å². The molecule has 0 spiro atoms. The number of nitrogens with zero attached hydrogens (tertiary/aromatic N) is 5. The molecule has 0 radical (unpaired) electrons. The number of methoxy groups -OCH3 is 1. The summed E-state index contributed by atoms with van der Waals surface area (Å²) in [6.45, 7) is 6.44. The van der Waals surface area contributed by atoms with Crippen LogP contribution in [0.5, 0.6) is 0 Å². The molecule has 160 valence electrons. The van der Waals surface area contributed by atoms with E-state index in [0.717, 1.165) is 67.9 Å². The molecule has 0 amide bonds. The summed E-state index contributed by atoms with van der Waals surface area (Å²) in [6.07, 6.45) is 5.38. The van der Waals surface area contributed by atoms with Gasteiger partial charge in [-0.15, -0.1) is 0 Å². The lowest BCUT2D eigenvalue weighted by molar-refractivity contribution is 0.122. The van der Waals surface area contributed by atoms with Crippen molar-refractivity contribution in [2.24, 2.45) is 10.9 Å². The van der Waals surface area contributed by atoms with E-state index < -0.39 is 0 Å². The van der Waals surface area contributed by atoms with Crippen LogP contribution in [0.3, 0.4) is 0 Å². The Morgan fingerprint density at radius 3 is 2.90 bits per heavy atom.